The maximum absolute atomic E-state index is 10.9. The van der Waals surface area contributed by atoms with Crippen LogP contribution in [0.15, 0.2) is 0 Å². The molecule has 0 radical (unpaired) electrons. The fraction of sp³-hybridized carbons (Fsp3) is 0.833. The molecule has 1 atom stereocenters. The SMILES string of the molecule is C[N+](C)(C)COP(=O)([O-])OCC(=O)O. The van der Waals surface area contributed by atoms with Crippen molar-refractivity contribution in [2.24, 2.45) is 0 Å². The van der Waals surface area contributed by atoms with E-state index >= 15 is 0 Å². The Labute approximate surface area is 82.1 Å². The van der Waals surface area contributed by atoms with Gasteiger partial charge in [0.2, 0.25) is 0 Å². The fourth-order valence-electron chi connectivity index (χ4n) is 0.415. The lowest BCUT2D eigenvalue weighted by Gasteiger charge is -2.28. The van der Waals surface area contributed by atoms with Crippen molar-refractivity contribution in [2.75, 3.05) is 34.5 Å². The molecule has 0 aliphatic rings. The van der Waals surface area contributed by atoms with Crippen LogP contribution in [0.1, 0.15) is 0 Å². The first-order valence-corrected chi connectivity index (χ1v) is 5.21. The monoisotopic (exact) mass is 227 g/mol. The van der Waals surface area contributed by atoms with E-state index in [1.165, 1.54) is 0 Å². The van der Waals surface area contributed by atoms with Crippen LogP contribution in [0, 0.1) is 0 Å². The molecule has 14 heavy (non-hydrogen) atoms. The van der Waals surface area contributed by atoms with Crippen LogP contribution in [0.25, 0.3) is 0 Å². The van der Waals surface area contributed by atoms with E-state index in [0.29, 0.717) is 0 Å². The van der Waals surface area contributed by atoms with Crippen LogP contribution in [0.2, 0.25) is 0 Å². The topological polar surface area (TPSA) is 95.9 Å². The summed E-state index contributed by atoms with van der Waals surface area (Å²) in [6.45, 7) is -1.03. The minimum Gasteiger partial charge on any atom is -0.756 e. The maximum Gasteiger partial charge on any atom is 0.330 e. The summed E-state index contributed by atoms with van der Waals surface area (Å²) < 4.78 is 19.6. The van der Waals surface area contributed by atoms with Gasteiger partial charge in [0, 0.05) is 0 Å². The summed E-state index contributed by atoms with van der Waals surface area (Å²) in [5.41, 5.74) is 0. The number of rotatable bonds is 6. The number of aliphatic carboxylic acids is 1. The molecule has 0 spiro atoms. The average Bonchev–Trinajstić information content (AvgIpc) is 1.97. The first-order valence-electron chi connectivity index (χ1n) is 3.75. The van der Waals surface area contributed by atoms with Crippen molar-refractivity contribution in [3.8, 4) is 0 Å². The molecular formula is C6H14NO6P. The van der Waals surface area contributed by atoms with Crippen molar-refractivity contribution in [2.45, 2.75) is 0 Å². The summed E-state index contributed by atoms with van der Waals surface area (Å²) in [5.74, 6) is -1.37. The molecule has 84 valence electrons. The third-order valence-electron chi connectivity index (χ3n) is 0.949. The average molecular weight is 227 g/mol. The van der Waals surface area contributed by atoms with Gasteiger partial charge in [-0.1, -0.05) is 0 Å². The molecule has 0 fully saturated rings. The number of hydrogen-bond acceptors (Lipinski definition) is 5. The fourth-order valence-corrected chi connectivity index (χ4v) is 1.25. The van der Waals surface area contributed by atoms with Gasteiger partial charge in [-0.15, -0.1) is 0 Å². The van der Waals surface area contributed by atoms with Gasteiger partial charge >= 0.3 is 5.97 Å². The lowest BCUT2D eigenvalue weighted by molar-refractivity contribution is -0.887. The second-order valence-corrected chi connectivity index (χ2v) is 5.07. The van der Waals surface area contributed by atoms with Crippen molar-refractivity contribution in [1.29, 1.82) is 0 Å². The predicted molar refractivity (Wildman–Crippen MR) is 45.2 cm³/mol. The van der Waals surface area contributed by atoms with Crippen LogP contribution < -0.4 is 4.89 Å². The predicted octanol–water partition coefficient (Wildman–Crippen LogP) is -0.764. The van der Waals surface area contributed by atoms with Gasteiger partial charge in [-0.3, -0.25) is 9.09 Å². The Bertz CT molecular complexity index is 247. The van der Waals surface area contributed by atoms with E-state index in [2.05, 4.69) is 9.05 Å². The van der Waals surface area contributed by atoms with Crippen LogP contribution in [-0.2, 0) is 18.4 Å². The number of carbonyl (C=O) groups is 1. The Morgan fingerprint density at radius 1 is 1.43 bits per heavy atom. The number of phosphoric acid groups is 1. The minimum atomic E-state index is -4.49. The molecule has 0 bridgehead atoms. The van der Waals surface area contributed by atoms with E-state index in [9.17, 15) is 14.3 Å². The first-order chi connectivity index (χ1) is 6.12. The highest BCUT2D eigenvalue weighted by Gasteiger charge is 2.16. The molecular weight excluding hydrogens is 213 g/mol. The number of carboxylic acids is 1. The van der Waals surface area contributed by atoms with Crippen LogP contribution in [0.3, 0.4) is 0 Å². The third kappa shape index (κ3) is 8.15. The summed E-state index contributed by atoms with van der Waals surface area (Å²) in [6.07, 6.45) is 0. The summed E-state index contributed by atoms with van der Waals surface area (Å²) >= 11 is 0. The van der Waals surface area contributed by atoms with Crippen LogP contribution in [-0.4, -0.2) is 50.0 Å². The largest absolute Gasteiger partial charge is 0.756 e. The van der Waals surface area contributed by atoms with E-state index in [1.54, 1.807) is 21.1 Å². The third-order valence-corrected chi connectivity index (χ3v) is 1.83. The standard InChI is InChI=1S/C6H14NO6P/c1-7(2,3)5-13-14(10,11)12-4-6(8)9/h4-5H2,1-3H3,(H-,8,9,10,11). The van der Waals surface area contributed by atoms with E-state index in [1.807, 2.05) is 0 Å². The molecule has 0 heterocycles. The van der Waals surface area contributed by atoms with Gasteiger partial charge in [-0.25, -0.2) is 4.79 Å². The highest BCUT2D eigenvalue weighted by molar-refractivity contribution is 7.45. The van der Waals surface area contributed by atoms with E-state index in [0.717, 1.165) is 0 Å². The number of nitrogens with zero attached hydrogens (tertiary/aromatic N) is 1. The lowest BCUT2D eigenvalue weighted by atomic mass is 10.7. The lowest BCUT2D eigenvalue weighted by Crippen LogP contribution is -2.37. The van der Waals surface area contributed by atoms with Crippen molar-refractivity contribution in [1.82, 2.24) is 0 Å². The van der Waals surface area contributed by atoms with Crippen molar-refractivity contribution in [3.05, 3.63) is 0 Å². The van der Waals surface area contributed by atoms with Crippen LogP contribution >= 0.6 is 7.82 Å². The normalized spacial score (nSPS) is 16.3. The molecule has 7 nitrogen and oxygen atoms in total. The molecule has 1 unspecified atom stereocenters. The molecule has 0 aromatic heterocycles. The zero-order valence-corrected chi connectivity index (χ0v) is 9.19. The molecule has 1 N–H and O–H groups in total. The van der Waals surface area contributed by atoms with Gasteiger partial charge in [0.25, 0.3) is 7.82 Å². The maximum atomic E-state index is 10.9. The van der Waals surface area contributed by atoms with Crippen molar-refractivity contribution in [3.63, 3.8) is 0 Å². The van der Waals surface area contributed by atoms with Gasteiger partial charge in [-0.05, 0) is 0 Å². The molecule has 8 heteroatoms. The number of quaternary nitrogens is 1. The van der Waals surface area contributed by atoms with Crippen LogP contribution in [0.5, 0.6) is 0 Å². The second kappa shape index (κ2) is 4.86. The molecule has 0 saturated heterocycles. The highest BCUT2D eigenvalue weighted by atomic mass is 31.2. The Morgan fingerprint density at radius 3 is 2.29 bits per heavy atom. The van der Waals surface area contributed by atoms with Gasteiger partial charge in [-0.2, -0.15) is 0 Å². The number of phosphoric ester groups is 1. The molecule has 0 aliphatic carbocycles. The highest BCUT2D eigenvalue weighted by Crippen LogP contribution is 2.38. The Hall–Kier alpha value is -0.460. The summed E-state index contributed by atoms with van der Waals surface area (Å²) in [7, 11) is 0.669. The van der Waals surface area contributed by atoms with E-state index < -0.39 is 20.4 Å². The molecule has 0 aliphatic heterocycles. The first kappa shape index (κ1) is 13.5. The smallest absolute Gasteiger partial charge is 0.330 e. The quantitative estimate of drug-likeness (QED) is 0.364. The number of carboxylic acid groups (broad SMARTS) is 1. The van der Waals surface area contributed by atoms with Gasteiger partial charge in [0.1, 0.15) is 0 Å². The van der Waals surface area contributed by atoms with Gasteiger partial charge in [0.05, 0.1) is 21.1 Å². The van der Waals surface area contributed by atoms with E-state index in [4.69, 9.17) is 5.11 Å². The van der Waals surface area contributed by atoms with Gasteiger partial charge < -0.3 is 19.0 Å². The number of hydrogen-bond donors (Lipinski definition) is 1. The Kier molecular flexibility index (Phi) is 4.70. The second-order valence-electron chi connectivity index (χ2n) is 3.66. The minimum absolute atomic E-state index is 0.111. The Balaban J connectivity index is 3.96. The molecule has 0 amide bonds. The Morgan fingerprint density at radius 2 is 1.93 bits per heavy atom. The molecule has 0 aromatic rings. The van der Waals surface area contributed by atoms with Crippen molar-refractivity contribution >= 4 is 13.8 Å². The van der Waals surface area contributed by atoms with E-state index in [-0.39, 0.29) is 11.2 Å². The zero-order valence-electron chi connectivity index (χ0n) is 8.30. The van der Waals surface area contributed by atoms with Crippen molar-refractivity contribution < 1.29 is 32.9 Å². The van der Waals surface area contributed by atoms with Crippen LogP contribution in [0.4, 0.5) is 0 Å². The molecule has 0 rings (SSSR count). The molecule has 0 saturated carbocycles. The summed E-state index contributed by atoms with van der Waals surface area (Å²) in [6, 6.07) is 0. The summed E-state index contributed by atoms with van der Waals surface area (Å²) in [5, 5.41) is 8.16. The summed E-state index contributed by atoms with van der Waals surface area (Å²) in [4.78, 5) is 20.9. The molecule has 0 aromatic carbocycles. The zero-order chi connectivity index (χ0) is 11.4. The van der Waals surface area contributed by atoms with Gasteiger partial charge in [0.15, 0.2) is 13.3 Å².